The van der Waals surface area contributed by atoms with Gasteiger partial charge in [-0.15, -0.1) is 28.1 Å². The van der Waals surface area contributed by atoms with Gasteiger partial charge in [0, 0.05) is 6.54 Å². The van der Waals surface area contributed by atoms with E-state index < -0.39 is 6.10 Å². The van der Waals surface area contributed by atoms with E-state index in [9.17, 15) is 4.79 Å². The summed E-state index contributed by atoms with van der Waals surface area (Å²) in [5, 5.41) is 23.7. The number of aromatic nitrogens is 3. The summed E-state index contributed by atoms with van der Waals surface area (Å²) < 4.78 is 7.88. The van der Waals surface area contributed by atoms with E-state index in [1.165, 1.54) is 23.1 Å². The van der Waals surface area contributed by atoms with Crippen molar-refractivity contribution in [2.45, 2.75) is 31.7 Å². The van der Waals surface area contributed by atoms with Crippen LogP contribution in [0, 0.1) is 18.3 Å². The number of rotatable bonds is 9. The molecule has 2 aromatic heterocycles. The molecule has 0 spiro atoms. The van der Waals surface area contributed by atoms with Gasteiger partial charge in [-0.2, -0.15) is 5.26 Å². The van der Waals surface area contributed by atoms with Crippen LogP contribution < -0.4 is 10.1 Å². The lowest BCUT2D eigenvalue weighted by Gasteiger charge is -2.17. The molecule has 1 atom stereocenters. The second-order valence-corrected chi connectivity index (χ2v) is 8.81. The summed E-state index contributed by atoms with van der Waals surface area (Å²) in [7, 11) is 0. The number of anilines is 1. The maximum absolute atomic E-state index is 12.3. The van der Waals surface area contributed by atoms with Gasteiger partial charge in [0.25, 0.3) is 0 Å². The highest BCUT2D eigenvalue weighted by molar-refractivity contribution is 7.99. The first-order valence-electron chi connectivity index (χ1n) is 9.30. The molecule has 0 saturated carbocycles. The number of halogens is 1. The van der Waals surface area contributed by atoms with Gasteiger partial charge in [-0.1, -0.05) is 35.5 Å². The van der Waals surface area contributed by atoms with Gasteiger partial charge in [0.2, 0.25) is 5.91 Å². The Hall–Kier alpha value is -2.80. The van der Waals surface area contributed by atoms with Crippen molar-refractivity contribution in [3.63, 3.8) is 0 Å². The number of aryl methyl sites for hydroxylation is 1. The zero-order valence-electron chi connectivity index (χ0n) is 17.0. The van der Waals surface area contributed by atoms with Crippen molar-refractivity contribution < 1.29 is 9.53 Å². The summed E-state index contributed by atoms with van der Waals surface area (Å²) in [4.78, 5) is 12.3. The Morgan fingerprint density at radius 1 is 1.48 bits per heavy atom. The lowest BCUT2D eigenvalue weighted by Crippen LogP contribution is -2.15. The largest absolute Gasteiger partial charge is 0.481 e. The molecule has 1 aromatic carbocycles. The summed E-state index contributed by atoms with van der Waals surface area (Å²) in [6.07, 6.45) is 1.31. The monoisotopic (exact) mass is 473 g/mol. The Morgan fingerprint density at radius 3 is 3.03 bits per heavy atom. The zero-order valence-corrected chi connectivity index (χ0v) is 19.4. The second-order valence-electron chi connectivity index (χ2n) is 6.55. The molecule has 2 heterocycles. The third-order valence-corrected chi connectivity index (χ3v) is 6.29. The van der Waals surface area contributed by atoms with E-state index >= 15 is 0 Å². The number of benzene rings is 1. The van der Waals surface area contributed by atoms with E-state index in [-0.39, 0.29) is 11.7 Å². The quantitative estimate of drug-likeness (QED) is 0.338. The van der Waals surface area contributed by atoms with E-state index in [1.807, 2.05) is 30.5 Å². The highest BCUT2D eigenvalue weighted by atomic mass is 35.5. The molecule has 3 rings (SSSR count). The number of thioether (sulfide) groups is 1. The fourth-order valence-corrected chi connectivity index (χ4v) is 4.41. The molecule has 31 heavy (non-hydrogen) atoms. The van der Waals surface area contributed by atoms with Gasteiger partial charge in [0.05, 0.1) is 16.3 Å². The Bertz CT molecular complexity index is 1140. The van der Waals surface area contributed by atoms with Gasteiger partial charge in [-0.3, -0.25) is 9.36 Å². The number of carbonyl (C=O) groups excluding carboxylic acids is 1. The highest BCUT2D eigenvalue weighted by Gasteiger charge is 2.21. The van der Waals surface area contributed by atoms with Crippen LogP contribution in [0.4, 0.5) is 5.00 Å². The summed E-state index contributed by atoms with van der Waals surface area (Å²) in [5.41, 5.74) is 1.48. The molecule has 0 aliphatic carbocycles. The molecule has 10 heteroatoms. The maximum atomic E-state index is 12.3. The van der Waals surface area contributed by atoms with Crippen molar-refractivity contribution >= 4 is 45.6 Å². The number of allylic oxidation sites excluding steroid dienone is 1. The van der Waals surface area contributed by atoms with Gasteiger partial charge in [-0.25, -0.2) is 0 Å². The topological polar surface area (TPSA) is 92.8 Å². The molecule has 0 bridgehead atoms. The van der Waals surface area contributed by atoms with Crippen molar-refractivity contribution in [2.75, 3.05) is 11.1 Å². The van der Waals surface area contributed by atoms with E-state index in [0.29, 0.717) is 38.9 Å². The average molecular weight is 474 g/mol. The Morgan fingerprint density at radius 2 is 2.29 bits per heavy atom. The summed E-state index contributed by atoms with van der Waals surface area (Å²) >= 11 is 8.81. The van der Waals surface area contributed by atoms with Crippen molar-refractivity contribution in [2.24, 2.45) is 0 Å². The fraction of sp³-hybridized carbons (Fsp3) is 0.238. The van der Waals surface area contributed by atoms with Crippen LogP contribution in [-0.4, -0.2) is 26.4 Å². The summed E-state index contributed by atoms with van der Waals surface area (Å²) in [6, 6.07) is 9.29. The van der Waals surface area contributed by atoms with E-state index in [1.54, 1.807) is 23.6 Å². The highest BCUT2D eigenvalue weighted by Crippen LogP contribution is 2.31. The number of hydrogen-bond donors (Lipinski definition) is 1. The molecule has 7 nitrogen and oxygen atoms in total. The summed E-state index contributed by atoms with van der Waals surface area (Å²) in [5.74, 6) is 1.07. The first-order valence-corrected chi connectivity index (χ1v) is 11.5. The smallest absolute Gasteiger partial charge is 0.235 e. The average Bonchev–Trinajstić information content (AvgIpc) is 3.36. The van der Waals surface area contributed by atoms with Gasteiger partial charge >= 0.3 is 0 Å². The van der Waals surface area contributed by atoms with Gasteiger partial charge in [-0.05, 0) is 43.0 Å². The third kappa shape index (κ3) is 5.67. The molecular formula is C21H20ClN5O2S2. The first kappa shape index (κ1) is 22.9. The number of thiophene rings is 1. The molecule has 0 saturated heterocycles. The molecule has 0 radical (unpaired) electrons. The van der Waals surface area contributed by atoms with Crippen molar-refractivity contribution in [3.05, 3.63) is 64.3 Å². The molecule has 0 fully saturated rings. The molecule has 160 valence electrons. The summed E-state index contributed by atoms with van der Waals surface area (Å²) in [6.45, 7) is 8.08. The lowest BCUT2D eigenvalue weighted by molar-refractivity contribution is -0.113. The number of ether oxygens (including phenoxy) is 1. The standard InChI is InChI=1S/C21H20ClN5O2S2/c1-4-8-27-19(14(3)29-17-10-13(2)5-6-16(17)22)25-26-21(27)31-12-18(28)24-20-15(11-23)7-9-30-20/h4-7,9-10,14H,1,8,12H2,2-3H3,(H,24,28). The SMILES string of the molecule is C=CCn1c(SCC(=O)Nc2sccc2C#N)nnc1C(C)Oc1cc(C)ccc1Cl. The minimum atomic E-state index is -0.417. The fourth-order valence-electron chi connectivity index (χ4n) is 2.74. The third-order valence-electron chi connectivity index (χ3n) is 4.18. The molecular weight excluding hydrogens is 454 g/mol. The number of carbonyl (C=O) groups is 1. The zero-order chi connectivity index (χ0) is 22.4. The molecule has 1 amide bonds. The van der Waals surface area contributed by atoms with Crippen LogP contribution in [0.15, 0.2) is 47.5 Å². The Balaban J connectivity index is 1.71. The van der Waals surface area contributed by atoms with Crippen molar-refractivity contribution in [1.82, 2.24) is 14.8 Å². The van der Waals surface area contributed by atoms with Crippen LogP contribution in [0.2, 0.25) is 5.02 Å². The first-order chi connectivity index (χ1) is 14.9. The lowest BCUT2D eigenvalue weighted by atomic mass is 10.2. The van der Waals surface area contributed by atoms with Crippen molar-refractivity contribution in [1.29, 1.82) is 5.26 Å². The van der Waals surface area contributed by atoms with E-state index in [2.05, 4.69) is 28.2 Å². The van der Waals surface area contributed by atoms with Gasteiger partial charge in [0.15, 0.2) is 17.1 Å². The maximum Gasteiger partial charge on any atom is 0.235 e. The predicted octanol–water partition coefficient (Wildman–Crippen LogP) is 5.23. The number of nitriles is 1. The number of hydrogen-bond acceptors (Lipinski definition) is 7. The van der Waals surface area contributed by atoms with Gasteiger partial charge in [0.1, 0.15) is 16.8 Å². The number of nitrogens with zero attached hydrogens (tertiary/aromatic N) is 4. The van der Waals surface area contributed by atoms with Crippen LogP contribution >= 0.6 is 34.7 Å². The predicted molar refractivity (Wildman–Crippen MR) is 124 cm³/mol. The van der Waals surface area contributed by atoms with Crippen LogP contribution in [0.1, 0.15) is 30.0 Å². The van der Waals surface area contributed by atoms with Crippen LogP contribution in [0.25, 0.3) is 0 Å². The minimum Gasteiger partial charge on any atom is -0.481 e. The van der Waals surface area contributed by atoms with E-state index in [4.69, 9.17) is 21.6 Å². The molecule has 0 aliphatic rings. The van der Waals surface area contributed by atoms with Crippen LogP contribution in [0.3, 0.4) is 0 Å². The van der Waals surface area contributed by atoms with E-state index in [0.717, 1.165) is 5.56 Å². The van der Waals surface area contributed by atoms with Crippen LogP contribution in [0.5, 0.6) is 5.75 Å². The molecule has 3 aromatic rings. The van der Waals surface area contributed by atoms with Gasteiger partial charge < -0.3 is 10.1 Å². The number of nitrogens with one attached hydrogen (secondary N) is 1. The van der Waals surface area contributed by atoms with Crippen molar-refractivity contribution in [3.8, 4) is 11.8 Å². The molecule has 1 N–H and O–H groups in total. The Kier molecular flexibility index (Phi) is 7.74. The second kappa shape index (κ2) is 10.5. The normalized spacial score (nSPS) is 11.5. The number of amides is 1. The minimum absolute atomic E-state index is 0.122. The van der Waals surface area contributed by atoms with Crippen LogP contribution in [-0.2, 0) is 11.3 Å². The molecule has 0 aliphatic heterocycles. The Labute approximate surface area is 193 Å². The molecule has 1 unspecified atom stereocenters.